The summed E-state index contributed by atoms with van der Waals surface area (Å²) in [6.45, 7) is 0. The van der Waals surface area contributed by atoms with Crippen LogP contribution in [0.4, 0.5) is 10.1 Å². The van der Waals surface area contributed by atoms with Gasteiger partial charge in [0.15, 0.2) is 0 Å². The van der Waals surface area contributed by atoms with Gasteiger partial charge in [-0.2, -0.15) is 0 Å². The van der Waals surface area contributed by atoms with Crippen LogP contribution in [0.15, 0.2) is 66.7 Å². The Morgan fingerprint density at radius 3 is 2.28 bits per heavy atom. The molecule has 0 saturated carbocycles. The van der Waals surface area contributed by atoms with Gasteiger partial charge in [-0.1, -0.05) is 0 Å². The van der Waals surface area contributed by atoms with Gasteiger partial charge in [-0.15, -0.1) is 0 Å². The molecule has 0 atom stereocenters. The fraction of sp³-hybridized carbons (Fsp3) is 0.120. The van der Waals surface area contributed by atoms with Crippen LogP contribution < -0.4 is 19.5 Å². The van der Waals surface area contributed by atoms with E-state index in [2.05, 4.69) is 10.3 Å². The maximum atomic E-state index is 13.3. The van der Waals surface area contributed by atoms with E-state index in [0.717, 1.165) is 10.9 Å². The number of fused-ring (bicyclic) bond motifs is 1. The molecule has 4 rings (SSSR count). The predicted molar refractivity (Wildman–Crippen MR) is 121 cm³/mol. The highest BCUT2D eigenvalue weighted by Crippen LogP contribution is 2.32. The molecular formula is C25H21FN2O4. The highest BCUT2D eigenvalue weighted by atomic mass is 19.1. The zero-order chi connectivity index (χ0) is 22.7. The average molecular weight is 432 g/mol. The van der Waals surface area contributed by atoms with Gasteiger partial charge < -0.3 is 19.5 Å². The molecule has 0 aliphatic heterocycles. The van der Waals surface area contributed by atoms with Gasteiger partial charge in [0, 0.05) is 28.8 Å². The van der Waals surface area contributed by atoms with Crippen LogP contribution in [0.25, 0.3) is 22.2 Å². The monoisotopic (exact) mass is 432 g/mol. The lowest BCUT2D eigenvalue weighted by Gasteiger charge is -2.13. The molecule has 6 nitrogen and oxygen atoms in total. The molecule has 0 bridgehead atoms. The Balaban J connectivity index is 1.67. The number of ether oxygens (including phenoxy) is 3. The zero-order valence-corrected chi connectivity index (χ0v) is 17.8. The van der Waals surface area contributed by atoms with E-state index in [1.165, 1.54) is 19.2 Å². The fourth-order valence-electron chi connectivity index (χ4n) is 3.39. The number of aromatic nitrogens is 1. The first kappa shape index (κ1) is 21.1. The second kappa shape index (κ2) is 8.93. The van der Waals surface area contributed by atoms with Crippen LogP contribution in [-0.4, -0.2) is 32.2 Å². The van der Waals surface area contributed by atoms with Crippen molar-refractivity contribution in [2.45, 2.75) is 0 Å². The molecule has 0 aliphatic carbocycles. The molecule has 1 amide bonds. The van der Waals surface area contributed by atoms with Gasteiger partial charge in [-0.3, -0.25) is 4.79 Å². The third kappa shape index (κ3) is 4.18. The smallest absolute Gasteiger partial charge is 0.259 e. The fourth-order valence-corrected chi connectivity index (χ4v) is 3.39. The highest BCUT2D eigenvalue weighted by Gasteiger charge is 2.15. The number of pyridine rings is 1. The van der Waals surface area contributed by atoms with Crippen LogP contribution in [0.1, 0.15) is 10.4 Å². The minimum atomic E-state index is -0.321. The number of anilines is 1. The largest absolute Gasteiger partial charge is 0.497 e. The van der Waals surface area contributed by atoms with Crippen LogP contribution in [0.2, 0.25) is 0 Å². The predicted octanol–water partition coefficient (Wildman–Crippen LogP) is 5.32. The van der Waals surface area contributed by atoms with Crippen LogP contribution in [0.5, 0.6) is 17.2 Å². The summed E-state index contributed by atoms with van der Waals surface area (Å²) in [4.78, 5) is 17.5. The molecule has 0 fully saturated rings. The lowest BCUT2D eigenvalue weighted by molar-refractivity contribution is 0.102. The van der Waals surface area contributed by atoms with Gasteiger partial charge in [0.25, 0.3) is 5.91 Å². The first-order chi connectivity index (χ1) is 15.5. The molecule has 1 N–H and O–H groups in total. The second-order valence-corrected chi connectivity index (χ2v) is 6.97. The number of nitrogens with zero attached hydrogens (tertiary/aromatic N) is 1. The Bertz CT molecular complexity index is 1290. The van der Waals surface area contributed by atoms with Gasteiger partial charge >= 0.3 is 0 Å². The second-order valence-electron chi connectivity index (χ2n) is 6.97. The maximum absolute atomic E-state index is 13.3. The number of amides is 1. The highest BCUT2D eigenvalue weighted by molar-refractivity contribution is 6.07. The number of nitrogens with one attached hydrogen (secondary N) is 1. The van der Waals surface area contributed by atoms with Crippen molar-refractivity contribution < 1.29 is 23.4 Å². The van der Waals surface area contributed by atoms with Crippen LogP contribution in [0.3, 0.4) is 0 Å². The molecule has 0 unspecified atom stereocenters. The van der Waals surface area contributed by atoms with Crippen molar-refractivity contribution in [1.82, 2.24) is 4.98 Å². The number of hydrogen-bond donors (Lipinski definition) is 1. The molecule has 32 heavy (non-hydrogen) atoms. The zero-order valence-electron chi connectivity index (χ0n) is 17.8. The van der Waals surface area contributed by atoms with E-state index in [9.17, 15) is 9.18 Å². The summed E-state index contributed by atoms with van der Waals surface area (Å²) in [6.07, 6.45) is 0. The minimum Gasteiger partial charge on any atom is -0.497 e. The summed E-state index contributed by atoms with van der Waals surface area (Å²) in [5.41, 5.74) is 3.08. The number of benzene rings is 3. The SMILES string of the molecule is COc1ccc(C(=O)Nc2ccc3nc(-c4ccc(F)cc4)cc(OC)c3c2)c(OC)c1. The molecular weight excluding hydrogens is 411 g/mol. The van der Waals surface area contributed by atoms with Crippen LogP contribution >= 0.6 is 0 Å². The lowest BCUT2D eigenvalue weighted by Crippen LogP contribution is -2.13. The van der Waals surface area contributed by atoms with E-state index in [0.29, 0.717) is 39.7 Å². The van der Waals surface area contributed by atoms with Gasteiger partial charge in [0.05, 0.1) is 38.1 Å². The summed E-state index contributed by atoms with van der Waals surface area (Å²) in [5.74, 6) is 0.962. The minimum absolute atomic E-state index is 0.310. The summed E-state index contributed by atoms with van der Waals surface area (Å²) in [5, 5.41) is 3.62. The van der Waals surface area contributed by atoms with Crippen molar-refractivity contribution in [3.05, 3.63) is 78.1 Å². The summed E-state index contributed by atoms with van der Waals surface area (Å²) < 4.78 is 29.3. The molecule has 162 valence electrons. The number of rotatable bonds is 6. The third-order valence-corrected chi connectivity index (χ3v) is 5.04. The van der Waals surface area contributed by atoms with Crippen molar-refractivity contribution in [3.8, 4) is 28.5 Å². The molecule has 0 spiro atoms. The Hall–Kier alpha value is -4.13. The molecule has 3 aromatic carbocycles. The molecule has 4 aromatic rings. The quantitative estimate of drug-likeness (QED) is 0.447. The van der Waals surface area contributed by atoms with Gasteiger partial charge in [-0.25, -0.2) is 9.37 Å². The van der Waals surface area contributed by atoms with E-state index < -0.39 is 0 Å². The van der Waals surface area contributed by atoms with E-state index in [4.69, 9.17) is 14.2 Å². The first-order valence-corrected chi connectivity index (χ1v) is 9.80. The van der Waals surface area contributed by atoms with Crippen LogP contribution in [-0.2, 0) is 0 Å². The van der Waals surface area contributed by atoms with Gasteiger partial charge in [0.2, 0.25) is 0 Å². The molecule has 0 radical (unpaired) electrons. The van der Waals surface area contributed by atoms with E-state index >= 15 is 0 Å². The van der Waals surface area contributed by atoms with Crippen molar-refractivity contribution in [2.24, 2.45) is 0 Å². The van der Waals surface area contributed by atoms with Crippen molar-refractivity contribution in [3.63, 3.8) is 0 Å². The number of halogens is 1. The summed E-state index contributed by atoms with van der Waals surface area (Å²) in [6, 6.07) is 18.2. The lowest BCUT2D eigenvalue weighted by atomic mass is 10.1. The topological polar surface area (TPSA) is 69.7 Å². The molecule has 1 heterocycles. The Labute approximate surface area is 184 Å². The standard InChI is InChI=1S/C25H21FN2O4/c1-30-18-9-10-19(23(13-18)31-2)25(29)27-17-8-11-21-20(12-17)24(32-3)14-22(28-21)15-4-6-16(26)7-5-15/h4-14H,1-3H3,(H,27,29). The normalized spacial score (nSPS) is 10.6. The van der Waals surface area contributed by atoms with Crippen LogP contribution in [0, 0.1) is 5.82 Å². The number of carbonyl (C=O) groups excluding carboxylic acids is 1. The van der Waals surface area contributed by atoms with E-state index in [-0.39, 0.29) is 11.7 Å². The molecule has 7 heteroatoms. The molecule has 0 saturated heterocycles. The average Bonchev–Trinajstić information content (AvgIpc) is 2.83. The Morgan fingerprint density at radius 1 is 0.844 bits per heavy atom. The number of methoxy groups -OCH3 is 3. The summed E-state index contributed by atoms with van der Waals surface area (Å²) in [7, 11) is 4.61. The van der Waals surface area contributed by atoms with Crippen molar-refractivity contribution in [1.29, 1.82) is 0 Å². The Morgan fingerprint density at radius 2 is 1.59 bits per heavy atom. The number of carbonyl (C=O) groups is 1. The van der Waals surface area contributed by atoms with E-state index in [1.54, 1.807) is 68.8 Å². The Kier molecular flexibility index (Phi) is 5.89. The van der Waals surface area contributed by atoms with E-state index in [1.807, 2.05) is 0 Å². The van der Waals surface area contributed by atoms with Crippen molar-refractivity contribution >= 4 is 22.5 Å². The van der Waals surface area contributed by atoms with Gasteiger partial charge in [-0.05, 0) is 54.6 Å². The number of hydrogen-bond acceptors (Lipinski definition) is 5. The first-order valence-electron chi connectivity index (χ1n) is 9.80. The third-order valence-electron chi connectivity index (χ3n) is 5.04. The summed E-state index contributed by atoms with van der Waals surface area (Å²) >= 11 is 0. The molecule has 1 aromatic heterocycles. The van der Waals surface area contributed by atoms with Gasteiger partial charge in [0.1, 0.15) is 23.1 Å². The maximum Gasteiger partial charge on any atom is 0.259 e. The van der Waals surface area contributed by atoms with Crippen molar-refractivity contribution in [2.75, 3.05) is 26.6 Å². The molecule has 0 aliphatic rings.